The average molecular weight is 452 g/mol. The Hall–Kier alpha value is -3.31. The summed E-state index contributed by atoms with van der Waals surface area (Å²) < 4.78 is 29.6. The molecule has 1 aromatic carbocycles. The summed E-state index contributed by atoms with van der Waals surface area (Å²) in [5, 5.41) is 9.33. The molecule has 1 saturated heterocycles. The van der Waals surface area contributed by atoms with Crippen LogP contribution in [0.2, 0.25) is 0 Å². The number of aryl methyl sites for hydroxylation is 1. The van der Waals surface area contributed by atoms with Gasteiger partial charge in [0.2, 0.25) is 0 Å². The lowest BCUT2D eigenvalue weighted by atomic mass is 9.97. The van der Waals surface area contributed by atoms with Gasteiger partial charge in [-0.15, -0.1) is 0 Å². The van der Waals surface area contributed by atoms with Crippen LogP contribution < -0.4 is 10.5 Å². The zero-order valence-electron chi connectivity index (χ0n) is 19.2. The minimum absolute atomic E-state index is 0.00149. The monoisotopic (exact) mass is 451 g/mol. The highest BCUT2D eigenvalue weighted by Gasteiger charge is 2.35. The van der Waals surface area contributed by atoms with Crippen LogP contribution in [0.3, 0.4) is 0 Å². The summed E-state index contributed by atoms with van der Waals surface area (Å²) in [7, 11) is 1.69. The van der Waals surface area contributed by atoms with Gasteiger partial charge in [0.15, 0.2) is 0 Å². The molecule has 0 bridgehead atoms. The zero-order valence-corrected chi connectivity index (χ0v) is 19.2. The molecule has 3 heterocycles. The molecular formula is C25H27F2N5O. The fourth-order valence-corrected chi connectivity index (χ4v) is 4.92. The first-order valence-electron chi connectivity index (χ1n) is 11.1. The third-order valence-electron chi connectivity index (χ3n) is 6.64. The summed E-state index contributed by atoms with van der Waals surface area (Å²) in [4.78, 5) is 21.6. The number of benzene rings is 1. The Morgan fingerprint density at radius 3 is 2.58 bits per heavy atom. The Kier molecular flexibility index (Phi) is 6.17. The fourth-order valence-electron chi connectivity index (χ4n) is 4.92. The predicted octanol–water partition coefficient (Wildman–Crippen LogP) is 4.13. The van der Waals surface area contributed by atoms with E-state index in [1.807, 2.05) is 6.92 Å². The Bertz CT molecular complexity index is 1300. The van der Waals surface area contributed by atoms with Crippen molar-refractivity contribution in [1.82, 2.24) is 14.5 Å². The molecule has 1 aliphatic heterocycles. The van der Waals surface area contributed by atoms with Crippen LogP contribution in [0.5, 0.6) is 0 Å². The van der Waals surface area contributed by atoms with E-state index in [1.54, 1.807) is 25.2 Å². The quantitative estimate of drug-likeness (QED) is 0.597. The van der Waals surface area contributed by atoms with Crippen molar-refractivity contribution in [2.45, 2.75) is 45.3 Å². The molecule has 1 fully saturated rings. The first-order valence-corrected chi connectivity index (χ1v) is 11.1. The molecule has 4 rings (SSSR count). The van der Waals surface area contributed by atoms with E-state index in [1.165, 1.54) is 16.7 Å². The Morgan fingerprint density at radius 2 is 1.91 bits per heavy atom. The second kappa shape index (κ2) is 8.91. The standard InChI is InChI=1S/C25H27F2N5O/c1-5-21(19-8-6-17(26)10-20(19)27)31-13-16(3)32(14-15(31)2)23-11-24(33)30(4)22-9-7-18(12-28)29-25(22)23/h6-11,15-16,21H,5,13-14H2,1-4H3/t15-,16+,21-/m1/s1. The van der Waals surface area contributed by atoms with Crippen LogP contribution in [0.4, 0.5) is 14.5 Å². The second-order valence-corrected chi connectivity index (χ2v) is 8.74. The molecule has 3 aromatic rings. The van der Waals surface area contributed by atoms with E-state index in [-0.39, 0.29) is 23.7 Å². The van der Waals surface area contributed by atoms with Gasteiger partial charge >= 0.3 is 0 Å². The van der Waals surface area contributed by atoms with Crippen LogP contribution in [0.15, 0.2) is 41.2 Å². The molecule has 6 nitrogen and oxygen atoms in total. The Morgan fingerprint density at radius 1 is 1.15 bits per heavy atom. The summed E-state index contributed by atoms with van der Waals surface area (Å²) in [6.07, 6.45) is 0.682. The molecule has 8 heteroatoms. The van der Waals surface area contributed by atoms with E-state index in [2.05, 4.69) is 34.7 Å². The highest BCUT2D eigenvalue weighted by atomic mass is 19.1. The third kappa shape index (κ3) is 4.09. The van der Waals surface area contributed by atoms with Crippen molar-refractivity contribution in [3.63, 3.8) is 0 Å². The molecule has 0 amide bonds. The molecule has 0 spiro atoms. The lowest BCUT2D eigenvalue weighted by Crippen LogP contribution is -2.57. The van der Waals surface area contributed by atoms with Gasteiger partial charge in [0.25, 0.3) is 5.56 Å². The maximum atomic E-state index is 14.6. The molecule has 2 aromatic heterocycles. The fraction of sp³-hybridized carbons (Fsp3) is 0.400. The number of nitriles is 1. The molecule has 1 aliphatic rings. The number of anilines is 1. The molecule has 3 atom stereocenters. The highest BCUT2D eigenvalue weighted by Crippen LogP contribution is 2.34. The molecule has 0 unspecified atom stereocenters. The summed E-state index contributed by atoms with van der Waals surface area (Å²) in [5.41, 5.74) is 2.61. The van der Waals surface area contributed by atoms with Crippen molar-refractivity contribution in [3.05, 3.63) is 69.6 Å². The van der Waals surface area contributed by atoms with E-state index >= 15 is 0 Å². The SMILES string of the molecule is CC[C@H](c1ccc(F)cc1F)N1C[C@H](C)N(c2cc(=O)n(C)c3ccc(C#N)nc23)C[C@H]1C. The van der Waals surface area contributed by atoms with Crippen LogP contribution in [0, 0.1) is 23.0 Å². The number of piperazine rings is 1. The van der Waals surface area contributed by atoms with Gasteiger partial charge in [0, 0.05) is 56.0 Å². The number of aromatic nitrogens is 2. The number of hydrogen-bond acceptors (Lipinski definition) is 5. The van der Waals surface area contributed by atoms with Crippen LogP contribution in [-0.4, -0.2) is 39.6 Å². The lowest BCUT2D eigenvalue weighted by molar-refractivity contribution is 0.105. The number of fused-ring (bicyclic) bond motifs is 1. The van der Waals surface area contributed by atoms with Crippen LogP contribution in [0.1, 0.15) is 44.5 Å². The van der Waals surface area contributed by atoms with E-state index in [0.29, 0.717) is 47.5 Å². The molecular weight excluding hydrogens is 424 g/mol. The summed E-state index contributed by atoms with van der Waals surface area (Å²) in [6.45, 7) is 7.36. The average Bonchev–Trinajstić information content (AvgIpc) is 2.79. The van der Waals surface area contributed by atoms with E-state index < -0.39 is 11.6 Å². The number of rotatable bonds is 4. The lowest BCUT2D eigenvalue weighted by Gasteiger charge is -2.48. The maximum absolute atomic E-state index is 14.6. The van der Waals surface area contributed by atoms with Gasteiger partial charge in [-0.05, 0) is 38.5 Å². The van der Waals surface area contributed by atoms with E-state index in [9.17, 15) is 18.8 Å². The summed E-state index contributed by atoms with van der Waals surface area (Å²) >= 11 is 0. The molecule has 172 valence electrons. The molecule has 33 heavy (non-hydrogen) atoms. The van der Waals surface area contributed by atoms with Crippen molar-refractivity contribution in [1.29, 1.82) is 5.26 Å². The zero-order chi connectivity index (χ0) is 23.9. The topological polar surface area (TPSA) is 65.2 Å². The third-order valence-corrected chi connectivity index (χ3v) is 6.64. The van der Waals surface area contributed by atoms with Gasteiger partial charge in [0.05, 0.1) is 11.2 Å². The Labute approximate surface area is 191 Å². The first kappa shape index (κ1) is 22.9. The molecule has 0 N–H and O–H groups in total. The van der Waals surface area contributed by atoms with Crippen LogP contribution in [0.25, 0.3) is 11.0 Å². The number of pyridine rings is 2. The number of nitrogens with zero attached hydrogens (tertiary/aromatic N) is 5. The first-order chi connectivity index (χ1) is 15.7. The van der Waals surface area contributed by atoms with Gasteiger partial charge in [-0.3, -0.25) is 9.69 Å². The minimum atomic E-state index is -0.584. The second-order valence-electron chi connectivity index (χ2n) is 8.74. The normalized spacial score (nSPS) is 20.1. The van der Waals surface area contributed by atoms with Gasteiger partial charge in [-0.2, -0.15) is 5.26 Å². The summed E-state index contributed by atoms with van der Waals surface area (Å²) in [6, 6.07) is 10.6. The van der Waals surface area contributed by atoms with Crippen molar-refractivity contribution in [2.24, 2.45) is 7.05 Å². The molecule has 0 saturated carbocycles. The van der Waals surface area contributed by atoms with Crippen LogP contribution in [-0.2, 0) is 7.05 Å². The molecule has 0 radical (unpaired) electrons. The number of hydrogen-bond donors (Lipinski definition) is 0. The predicted molar refractivity (Wildman–Crippen MR) is 124 cm³/mol. The Balaban J connectivity index is 1.72. The number of halogens is 2. The van der Waals surface area contributed by atoms with Crippen molar-refractivity contribution in [3.8, 4) is 6.07 Å². The van der Waals surface area contributed by atoms with E-state index in [4.69, 9.17) is 0 Å². The van der Waals surface area contributed by atoms with Gasteiger partial charge in [-0.25, -0.2) is 13.8 Å². The highest BCUT2D eigenvalue weighted by molar-refractivity contribution is 5.89. The van der Waals surface area contributed by atoms with Crippen molar-refractivity contribution < 1.29 is 8.78 Å². The largest absolute Gasteiger partial charge is 0.364 e. The van der Waals surface area contributed by atoms with Gasteiger partial charge < -0.3 is 9.47 Å². The van der Waals surface area contributed by atoms with Crippen molar-refractivity contribution >= 4 is 16.7 Å². The van der Waals surface area contributed by atoms with E-state index in [0.717, 1.165) is 6.07 Å². The van der Waals surface area contributed by atoms with Crippen LogP contribution >= 0.6 is 0 Å². The minimum Gasteiger partial charge on any atom is -0.364 e. The van der Waals surface area contributed by atoms with Gasteiger partial charge in [-0.1, -0.05) is 13.0 Å². The smallest absolute Gasteiger partial charge is 0.252 e. The summed E-state index contributed by atoms with van der Waals surface area (Å²) in [5.74, 6) is -1.12. The van der Waals surface area contributed by atoms with Gasteiger partial charge in [0.1, 0.15) is 28.9 Å². The van der Waals surface area contributed by atoms with Crippen molar-refractivity contribution in [2.75, 3.05) is 18.0 Å². The molecule has 0 aliphatic carbocycles. The maximum Gasteiger partial charge on any atom is 0.252 e.